The molecular formula is C26H30N8O. The number of benzene rings is 1. The van der Waals surface area contributed by atoms with Crippen LogP contribution >= 0.6 is 0 Å². The SMILES string of the molecule is CC/C=C(\Nc1cc(NC)ccn1)c1ccc(Oc2ccnc3[nH]nc(NC4CCNC4)c23)cc1. The lowest BCUT2D eigenvalue weighted by Crippen LogP contribution is -2.22. The van der Waals surface area contributed by atoms with Crippen molar-refractivity contribution in [2.75, 3.05) is 36.1 Å². The number of hydrogen-bond acceptors (Lipinski definition) is 8. The third-order valence-electron chi connectivity index (χ3n) is 5.94. The molecule has 9 heteroatoms. The van der Waals surface area contributed by atoms with Gasteiger partial charge < -0.3 is 26.0 Å². The Bertz CT molecular complexity index is 1310. The number of allylic oxidation sites excluding steroid dienone is 1. The van der Waals surface area contributed by atoms with Crippen molar-refractivity contribution in [1.82, 2.24) is 25.5 Å². The van der Waals surface area contributed by atoms with Gasteiger partial charge in [-0.05, 0) is 55.3 Å². The number of aromatic nitrogens is 4. The van der Waals surface area contributed by atoms with Gasteiger partial charge in [0.05, 0.1) is 0 Å². The van der Waals surface area contributed by atoms with E-state index in [9.17, 15) is 0 Å². The fraction of sp³-hybridized carbons (Fsp3) is 0.269. The largest absolute Gasteiger partial charge is 0.456 e. The van der Waals surface area contributed by atoms with Gasteiger partial charge in [0.1, 0.15) is 22.7 Å². The third-order valence-corrected chi connectivity index (χ3v) is 5.94. The first-order chi connectivity index (χ1) is 17.2. The first-order valence-corrected chi connectivity index (χ1v) is 11.9. The molecule has 0 spiro atoms. The molecule has 180 valence electrons. The van der Waals surface area contributed by atoms with Gasteiger partial charge in [0.15, 0.2) is 11.5 Å². The predicted molar refractivity (Wildman–Crippen MR) is 141 cm³/mol. The summed E-state index contributed by atoms with van der Waals surface area (Å²) < 4.78 is 6.28. The number of rotatable bonds is 9. The highest BCUT2D eigenvalue weighted by molar-refractivity contribution is 5.93. The molecule has 1 saturated heterocycles. The fourth-order valence-electron chi connectivity index (χ4n) is 4.15. The highest BCUT2D eigenvalue weighted by atomic mass is 16.5. The van der Waals surface area contributed by atoms with Gasteiger partial charge in [-0.2, -0.15) is 5.10 Å². The number of hydrogen-bond donors (Lipinski definition) is 5. The Morgan fingerprint density at radius 3 is 2.77 bits per heavy atom. The number of pyridine rings is 2. The Morgan fingerprint density at radius 1 is 1.14 bits per heavy atom. The van der Waals surface area contributed by atoms with Crippen molar-refractivity contribution in [2.45, 2.75) is 25.8 Å². The van der Waals surface area contributed by atoms with Gasteiger partial charge in [0.25, 0.3) is 0 Å². The molecule has 1 aliphatic heterocycles. The van der Waals surface area contributed by atoms with E-state index in [4.69, 9.17) is 4.74 Å². The number of nitrogens with zero attached hydrogens (tertiary/aromatic N) is 3. The van der Waals surface area contributed by atoms with E-state index in [1.54, 1.807) is 12.4 Å². The van der Waals surface area contributed by atoms with Crippen molar-refractivity contribution < 1.29 is 4.74 Å². The molecule has 3 aromatic heterocycles. The molecule has 4 aromatic rings. The summed E-state index contributed by atoms with van der Waals surface area (Å²) in [6, 6.07) is 14.2. The number of fused-ring (bicyclic) bond motifs is 1. The second kappa shape index (κ2) is 10.4. The minimum atomic E-state index is 0.341. The number of aromatic amines is 1. The highest BCUT2D eigenvalue weighted by Crippen LogP contribution is 2.34. The Morgan fingerprint density at radius 2 is 2.00 bits per heavy atom. The van der Waals surface area contributed by atoms with E-state index < -0.39 is 0 Å². The first kappa shape index (κ1) is 22.7. The average molecular weight is 471 g/mol. The molecule has 4 heterocycles. The number of nitrogens with one attached hydrogen (secondary N) is 5. The van der Waals surface area contributed by atoms with Crippen LogP contribution in [0, 0.1) is 0 Å². The highest BCUT2D eigenvalue weighted by Gasteiger charge is 2.19. The maximum absolute atomic E-state index is 6.28. The molecule has 0 aliphatic carbocycles. The Labute approximate surface area is 204 Å². The van der Waals surface area contributed by atoms with Gasteiger partial charge in [0, 0.05) is 55.5 Å². The molecule has 1 unspecified atom stereocenters. The van der Waals surface area contributed by atoms with Gasteiger partial charge >= 0.3 is 0 Å². The molecule has 9 nitrogen and oxygen atoms in total. The molecule has 1 aromatic carbocycles. The van der Waals surface area contributed by atoms with E-state index >= 15 is 0 Å². The standard InChI is InChI=1S/C26H30N8O/c1-3-4-21(32-23-15-18(27-2)10-13-29-23)17-5-7-20(8-6-17)35-22-11-14-30-25-24(22)26(34-33-25)31-19-9-12-28-16-19/h4-8,10-11,13-15,19,28H,3,9,12,16H2,1-2H3,(H2,27,29,32)(H2,30,31,33,34)/b21-4-. The van der Waals surface area contributed by atoms with E-state index in [0.29, 0.717) is 17.4 Å². The van der Waals surface area contributed by atoms with Crippen molar-refractivity contribution >= 4 is 34.1 Å². The molecular weight excluding hydrogens is 440 g/mol. The van der Waals surface area contributed by atoms with Gasteiger partial charge in [0.2, 0.25) is 0 Å². The monoisotopic (exact) mass is 470 g/mol. The summed E-state index contributed by atoms with van der Waals surface area (Å²) in [4.78, 5) is 8.84. The minimum Gasteiger partial charge on any atom is -0.456 e. The van der Waals surface area contributed by atoms with Crippen LogP contribution in [-0.4, -0.2) is 46.3 Å². The fourth-order valence-corrected chi connectivity index (χ4v) is 4.15. The molecule has 5 rings (SSSR count). The Kier molecular flexibility index (Phi) is 6.76. The van der Waals surface area contributed by atoms with Gasteiger partial charge in [-0.25, -0.2) is 9.97 Å². The molecule has 1 atom stereocenters. The van der Waals surface area contributed by atoms with E-state index in [-0.39, 0.29) is 0 Å². The minimum absolute atomic E-state index is 0.341. The van der Waals surface area contributed by atoms with Crippen molar-refractivity contribution in [3.8, 4) is 11.5 Å². The second-order valence-corrected chi connectivity index (χ2v) is 8.40. The Balaban J connectivity index is 1.35. The van der Waals surface area contributed by atoms with Crippen LogP contribution in [0.15, 0.2) is 60.9 Å². The number of ether oxygens (including phenoxy) is 1. The lowest BCUT2D eigenvalue weighted by atomic mass is 10.1. The summed E-state index contributed by atoms with van der Waals surface area (Å²) in [6.45, 7) is 4.04. The lowest BCUT2D eigenvalue weighted by Gasteiger charge is -2.14. The summed E-state index contributed by atoms with van der Waals surface area (Å²) in [5.74, 6) is 3.00. The van der Waals surface area contributed by atoms with Crippen molar-refractivity contribution in [3.05, 3.63) is 66.5 Å². The van der Waals surface area contributed by atoms with Crippen LogP contribution < -0.4 is 26.0 Å². The van der Waals surface area contributed by atoms with Crippen LogP contribution in [0.5, 0.6) is 11.5 Å². The van der Waals surface area contributed by atoms with Gasteiger partial charge in [-0.15, -0.1) is 0 Å². The van der Waals surface area contributed by atoms with E-state index in [1.165, 1.54) is 0 Å². The van der Waals surface area contributed by atoms with E-state index in [1.807, 2.05) is 49.5 Å². The molecule has 0 radical (unpaired) electrons. The lowest BCUT2D eigenvalue weighted by molar-refractivity contribution is 0.488. The third kappa shape index (κ3) is 5.20. The van der Waals surface area contributed by atoms with E-state index in [0.717, 1.165) is 65.7 Å². The zero-order chi connectivity index (χ0) is 24.0. The molecule has 0 bridgehead atoms. The molecule has 1 fully saturated rings. The molecule has 0 saturated carbocycles. The predicted octanol–water partition coefficient (Wildman–Crippen LogP) is 4.82. The maximum atomic E-state index is 6.28. The maximum Gasteiger partial charge on any atom is 0.161 e. The summed E-state index contributed by atoms with van der Waals surface area (Å²) in [5, 5.41) is 21.8. The second-order valence-electron chi connectivity index (χ2n) is 8.40. The summed E-state index contributed by atoms with van der Waals surface area (Å²) in [7, 11) is 1.89. The van der Waals surface area contributed by atoms with Gasteiger partial charge in [-0.3, -0.25) is 5.10 Å². The van der Waals surface area contributed by atoms with Crippen LogP contribution in [0.3, 0.4) is 0 Å². The van der Waals surface area contributed by atoms with Crippen molar-refractivity contribution in [1.29, 1.82) is 0 Å². The Hall–Kier alpha value is -4.11. The summed E-state index contributed by atoms with van der Waals surface area (Å²) >= 11 is 0. The van der Waals surface area contributed by atoms with Crippen molar-refractivity contribution in [2.24, 2.45) is 0 Å². The molecule has 5 N–H and O–H groups in total. The zero-order valence-electron chi connectivity index (χ0n) is 19.9. The summed E-state index contributed by atoms with van der Waals surface area (Å²) in [5.41, 5.74) is 3.75. The molecule has 0 amide bonds. The number of anilines is 3. The van der Waals surface area contributed by atoms with Crippen LogP contribution in [-0.2, 0) is 0 Å². The van der Waals surface area contributed by atoms with Crippen LogP contribution in [0.4, 0.5) is 17.3 Å². The number of H-pyrrole nitrogens is 1. The van der Waals surface area contributed by atoms with E-state index in [2.05, 4.69) is 54.4 Å². The quantitative estimate of drug-likeness (QED) is 0.237. The summed E-state index contributed by atoms with van der Waals surface area (Å²) in [6.07, 6.45) is 7.61. The van der Waals surface area contributed by atoms with Crippen LogP contribution in [0.1, 0.15) is 25.3 Å². The van der Waals surface area contributed by atoms with Crippen molar-refractivity contribution in [3.63, 3.8) is 0 Å². The molecule has 1 aliphatic rings. The zero-order valence-corrected chi connectivity index (χ0v) is 19.9. The first-order valence-electron chi connectivity index (χ1n) is 11.9. The van der Waals surface area contributed by atoms with Crippen LogP contribution in [0.2, 0.25) is 0 Å². The average Bonchev–Trinajstić information content (AvgIpc) is 3.55. The van der Waals surface area contributed by atoms with Gasteiger partial charge in [-0.1, -0.05) is 13.0 Å². The topological polar surface area (TPSA) is 112 Å². The normalized spacial score (nSPS) is 15.8. The van der Waals surface area contributed by atoms with Crippen LogP contribution in [0.25, 0.3) is 16.7 Å². The smallest absolute Gasteiger partial charge is 0.161 e. The molecule has 35 heavy (non-hydrogen) atoms.